The van der Waals surface area contributed by atoms with Crippen LogP contribution in [0, 0.1) is 11.3 Å². The first-order valence-corrected chi connectivity index (χ1v) is 7.05. The van der Waals surface area contributed by atoms with Gasteiger partial charge in [-0.3, -0.25) is 9.69 Å². The zero-order valence-electron chi connectivity index (χ0n) is 11.8. The van der Waals surface area contributed by atoms with Crippen LogP contribution < -0.4 is 0 Å². The number of carbonyl (C=O) groups is 1. The molecular weight excluding hydrogens is 222 g/mol. The van der Waals surface area contributed by atoms with Crippen LogP contribution in [0.2, 0.25) is 0 Å². The third-order valence-electron chi connectivity index (χ3n) is 5.61. The number of rotatable bonds is 2. The van der Waals surface area contributed by atoms with E-state index in [-0.39, 0.29) is 11.0 Å². The highest BCUT2D eigenvalue weighted by molar-refractivity contribution is 5.95. The minimum absolute atomic E-state index is 0.0522. The van der Waals surface area contributed by atoms with Gasteiger partial charge in [0.1, 0.15) is 5.78 Å². The zero-order valence-corrected chi connectivity index (χ0v) is 11.8. The summed E-state index contributed by atoms with van der Waals surface area (Å²) in [7, 11) is 4.25. The van der Waals surface area contributed by atoms with Gasteiger partial charge in [0, 0.05) is 6.42 Å². The number of Topliss-reactive ketones (excluding diaryl/α,β-unsaturated/α-hetero) is 1. The molecule has 0 aromatic carbocycles. The number of ketones is 1. The highest BCUT2D eigenvalue weighted by Crippen LogP contribution is 2.65. The summed E-state index contributed by atoms with van der Waals surface area (Å²) in [5, 5.41) is 0. The molecule has 0 heterocycles. The summed E-state index contributed by atoms with van der Waals surface area (Å²) in [6, 6.07) is 0. The van der Waals surface area contributed by atoms with Gasteiger partial charge in [-0.2, -0.15) is 0 Å². The highest BCUT2D eigenvalue weighted by Gasteiger charge is 2.68. The fraction of sp³-hybridized carbons (Fsp3) is 0.688. The van der Waals surface area contributed by atoms with E-state index in [9.17, 15) is 4.79 Å². The second-order valence-electron chi connectivity index (χ2n) is 6.60. The number of nitrogens with zero attached hydrogens (tertiary/aromatic N) is 1. The largest absolute Gasteiger partial charge is 0.299 e. The summed E-state index contributed by atoms with van der Waals surface area (Å²) in [6.45, 7) is 6.24. The van der Waals surface area contributed by atoms with E-state index in [4.69, 9.17) is 0 Å². The van der Waals surface area contributed by atoms with E-state index in [0.29, 0.717) is 18.1 Å². The lowest BCUT2D eigenvalue weighted by Crippen LogP contribution is -2.49. The first-order chi connectivity index (χ1) is 8.45. The molecule has 2 heteroatoms. The van der Waals surface area contributed by atoms with Crippen molar-refractivity contribution in [3.05, 3.63) is 23.8 Å². The molecule has 2 saturated carbocycles. The van der Waals surface area contributed by atoms with Crippen molar-refractivity contribution in [1.29, 1.82) is 0 Å². The molecule has 0 saturated heterocycles. The Morgan fingerprint density at radius 3 is 2.78 bits per heavy atom. The van der Waals surface area contributed by atoms with Crippen LogP contribution in [0.4, 0.5) is 0 Å². The van der Waals surface area contributed by atoms with Crippen molar-refractivity contribution in [3.63, 3.8) is 0 Å². The summed E-state index contributed by atoms with van der Waals surface area (Å²) in [5.41, 5.74) is 2.30. The molecule has 3 rings (SSSR count). The van der Waals surface area contributed by atoms with Crippen LogP contribution in [0.5, 0.6) is 0 Å². The Kier molecular flexibility index (Phi) is 2.41. The molecular formula is C16H23NO. The van der Waals surface area contributed by atoms with Crippen molar-refractivity contribution < 1.29 is 4.79 Å². The minimum atomic E-state index is -0.142. The quantitative estimate of drug-likeness (QED) is 0.745. The van der Waals surface area contributed by atoms with Gasteiger partial charge < -0.3 is 0 Å². The van der Waals surface area contributed by atoms with Crippen LogP contribution in [0.25, 0.3) is 0 Å². The Bertz CT molecular complexity index is 462. The fourth-order valence-corrected chi connectivity index (χ4v) is 4.85. The van der Waals surface area contributed by atoms with Crippen LogP contribution in [0.3, 0.4) is 0 Å². The van der Waals surface area contributed by atoms with Gasteiger partial charge in [0.05, 0.1) is 11.0 Å². The van der Waals surface area contributed by atoms with Gasteiger partial charge in [0.15, 0.2) is 0 Å². The zero-order chi connectivity index (χ0) is 13.1. The Labute approximate surface area is 110 Å². The van der Waals surface area contributed by atoms with Crippen molar-refractivity contribution >= 4 is 5.78 Å². The lowest BCUT2D eigenvalue weighted by atomic mass is 9.68. The maximum absolute atomic E-state index is 12.6. The number of hydrogen-bond donors (Lipinski definition) is 0. The Morgan fingerprint density at radius 2 is 2.17 bits per heavy atom. The molecule has 2 nitrogen and oxygen atoms in total. The molecule has 0 aromatic rings. The Balaban J connectivity index is 2.20. The second-order valence-corrected chi connectivity index (χ2v) is 6.60. The first kappa shape index (κ1) is 12.2. The Morgan fingerprint density at radius 1 is 1.44 bits per heavy atom. The van der Waals surface area contributed by atoms with Gasteiger partial charge in [-0.05, 0) is 45.4 Å². The van der Waals surface area contributed by atoms with Crippen molar-refractivity contribution in [1.82, 2.24) is 4.90 Å². The third-order valence-corrected chi connectivity index (χ3v) is 5.61. The number of carbonyl (C=O) groups excluding carboxylic acids is 1. The van der Waals surface area contributed by atoms with E-state index in [1.165, 1.54) is 24.8 Å². The van der Waals surface area contributed by atoms with Crippen LogP contribution in [0.15, 0.2) is 23.8 Å². The summed E-state index contributed by atoms with van der Waals surface area (Å²) in [5.74, 6) is 0.971. The Hall–Kier alpha value is -0.890. The van der Waals surface area contributed by atoms with E-state index in [1.54, 1.807) is 0 Å². The van der Waals surface area contributed by atoms with Crippen LogP contribution in [0.1, 0.15) is 39.0 Å². The minimum Gasteiger partial charge on any atom is -0.299 e. The van der Waals surface area contributed by atoms with Crippen molar-refractivity contribution in [2.45, 2.75) is 44.6 Å². The molecule has 1 unspecified atom stereocenters. The molecule has 0 amide bonds. The van der Waals surface area contributed by atoms with E-state index in [0.717, 1.165) is 12.0 Å². The van der Waals surface area contributed by atoms with Crippen LogP contribution in [-0.4, -0.2) is 30.3 Å². The molecule has 3 atom stereocenters. The predicted octanol–water partition coefficient (Wildman–Crippen LogP) is 2.95. The van der Waals surface area contributed by atoms with Gasteiger partial charge in [0.2, 0.25) is 0 Å². The lowest BCUT2D eigenvalue weighted by Gasteiger charge is -2.43. The molecule has 3 aliphatic rings. The molecule has 18 heavy (non-hydrogen) atoms. The van der Waals surface area contributed by atoms with Gasteiger partial charge in [0.25, 0.3) is 0 Å². The van der Waals surface area contributed by atoms with Gasteiger partial charge >= 0.3 is 0 Å². The summed E-state index contributed by atoms with van der Waals surface area (Å²) in [4.78, 5) is 14.9. The van der Waals surface area contributed by atoms with Gasteiger partial charge in [-0.15, -0.1) is 0 Å². The van der Waals surface area contributed by atoms with Crippen molar-refractivity contribution in [3.8, 4) is 0 Å². The molecule has 0 aromatic heterocycles. The molecule has 98 valence electrons. The van der Waals surface area contributed by atoms with Crippen LogP contribution in [-0.2, 0) is 4.79 Å². The summed E-state index contributed by atoms with van der Waals surface area (Å²) >= 11 is 0. The number of hydrogen-bond acceptors (Lipinski definition) is 2. The molecule has 3 aliphatic carbocycles. The normalized spacial score (nSPS) is 42.1. The average Bonchev–Trinajstić information content (AvgIpc) is 2.75. The highest BCUT2D eigenvalue weighted by atomic mass is 16.1. The van der Waals surface area contributed by atoms with E-state index >= 15 is 0 Å². The predicted molar refractivity (Wildman–Crippen MR) is 73.3 cm³/mol. The average molecular weight is 245 g/mol. The smallest absolute Gasteiger partial charge is 0.145 e. The van der Waals surface area contributed by atoms with Crippen molar-refractivity contribution in [2.24, 2.45) is 11.3 Å². The molecule has 0 aliphatic heterocycles. The number of likely N-dealkylation sites (N-methyl/N-ethyl adjacent to an activating group) is 1. The monoisotopic (exact) mass is 245 g/mol. The fourth-order valence-electron chi connectivity index (χ4n) is 4.85. The SMILES string of the molecule is C=C(C)C1=C[C@@]23CCCCC2[C@@]1(N(C)C)CC3=O. The lowest BCUT2D eigenvalue weighted by molar-refractivity contribution is -0.125. The second kappa shape index (κ2) is 3.57. The topological polar surface area (TPSA) is 20.3 Å². The van der Waals surface area contributed by atoms with Gasteiger partial charge in [-0.1, -0.05) is 31.1 Å². The van der Waals surface area contributed by atoms with E-state index < -0.39 is 0 Å². The first-order valence-electron chi connectivity index (χ1n) is 7.05. The maximum atomic E-state index is 12.6. The van der Waals surface area contributed by atoms with Crippen molar-refractivity contribution in [2.75, 3.05) is 14.1 Å². The molecule has 2 fully saturated rings. The van der Waals surface area contributed by atoms with E-state index in [2.05, 4.69) is 38.6 Å². The molecule has 2 bridgehead atoms. The van der Waals surface area contributed by atoms with Gasteiger partial charge in [-0.25, -0.2) is 0 Å². The maximum Gasteiger partial charge on any atom is 0.145 e. The van der Waals surface area contributed by atoms with E-state index in [1.807, 2.05) is 0 Å². The summed E-state index contributed by atoms with van der Waals surface area (Å²) in [6.07, 6.45) is 7.72. The van der Waals surface area contributed by atoms with Crippen LogP contribution >= 0.6 is 0 Å². The molecule has 0 spiro atoms. The molecule has 0 N–H and O–H groups in total. The number of allylic oxidation sites excluding steroid dienone is 1. The third kappa shape index (κ3) is 1.15. The summed E-state index contributed by atoms with van der Waals surface area (Å²) < 4.78 is 0. The molecule has 0 radical (unpaired) electrons. The standard InChI is InChI=1S/C16H23NO/c1-11(2)12-9-15-8-6-5-7-13(15)16(12,17(3)4)10-14(15)18/h9,13H,1,5-8,10H2,2-4H3/t13?,15-,16+/m0/s1.